The van der Waals surface area contributed by atoms with Gasteiger partial charge in [-0.3, -0.25) is 4.79 Å². The van der Waals surface area contributed by atoms with E-state index < -0.39 is 0 Å². The number of anilines is 1. The van der Waals surface area contributed by atoms with Crippen molar-refractivity contribution >= 4 is 29.0 Å². The number of fused-ring (bicyclic) bond motifs is 2. The Morgan fingerprint density at radius 2 is 1.92 bits per heavy atom. The van der Waals surface area contributed by atoms with Gasteiger partial charge in [0.15, 0.2) is 17.3 Å². The number of nitrogens with one attached hydrogen (secondary N) is 1. The lowest BCUT2D eigenvalue weighted by atomic mass is 9.86. The van der Waals surface area contributed by atoms with Crippen LogP contribution in [0.3, 0.4) is 0 Å². The second kappa shape index (κ2) is 8.76. The number of ether oxygens (including phenoxy) is 1. The summed E-state index contributed by atoms with van der Waals surface area (Å²) >= 11 is 6.09. The monoisotopic (exact) mass is 499 g/mol. The van der Waals surface area contributed by atoms with E-state index in [-0.39, 0.29) is 11.8 Å². The summed E-state index contributed by atoms with van der Waals surface area (Å²) in [5, 5.41) is 21.2. The lowest BCUT2D eigenvalue weighted by Crippen LogP contribution is -2.25. The summed E-state index contributed by atoms with van der Waals surface area (Å²) in [5.74, 6) is 2.32. The van der Waals surface area contributed by atoms with Crippen LogP contribution >= 0.6 is 11.6 Å². The predicted molar refractivity (Wildman–Crippen MR) is 135 cm³/mol. The third kappa shape index (κ3) is 3.97. The van der Waals surface area contributed by atoms with Crippen molar-refractivity contribution in [2.75, 3.05) is 5.32 Å². The number of amides is 1. The van der Waals surface area contributed by atoms with Gasteiger partial charge in [-0.15, -0.1) is 15.3 Å². The third-order valence-electron chi connectivity index (χ3n) is 6.28. The molecule has 1 atom stereocenters. The van der Waals surface area contributed by atoms with Gasteiger partial charge in [0, 0.05) is 22.9 Å². The number of benzene rings is 2. The number of hydrogen-bond donors (Lipinski definition) is 1. The normalized spacial score (nSPS) is 15.1. The molecule has 0 saturated carbocycles. The highest BCUT2D eigenvalue weighted by molar-refractivity contribution is 6.30. The van der Waals surface area contributed by atoms with Crippen LogP contribution in [-0.4, -0.2) is 35.5 Å². The Morgan fingerprint density at radius 1 is 1.06 bits per heavy atom. The first-order chi connectivity index (χ1) is 17.5. The molecule has 10 heteroatoms. The zero-order chi connectivity index (χ0) is 24.8. The van der Waals surface area contributed by atoms with Gasteiger partial charge in [0.25, 0.3) is 0 Å². The van der Waals surface area contributed by atoms with Crippen molar-refractivity contribution in [3.8, 4) is 11.6 Å². The van der Waals surface area contributed by atoms with Crippen molar-refractivity contribution in [3.63, 3.8) is 0 Å². The Morgan fingerprint density at radius 3 is 2.78 bits per heavy atom. The van der Waals surface area contributed by atoms with Crippen molar-refractivity contribution < 1.29 is 9.53 Å². The van der Waals surface area contributed by atoms with Crippen molar-refractivity contribution in [3.05, 3.63) is 93.9 Å². The van der Waals surface area contributed by atoms with Crippen LogP contribution in [0.5, 0.6) is 5.75 Å². The molecule has 0 saturated heterocycles. The van der Waals surface area contributed by atoms with Gasteiger partial charge in [0.05, 0.1) is 5.69 Å². The van der Waals surface area contributed by atoms with Crippen LogP contribution in [0, 0.1) is 13.8 Å². The molecule has 180 valence electrons. The molecule has 36 heavy (non-hydrogen) atoms. The minimum absolute atomic E-state index is 0.0829. The fourth-order valence-electron chi connectivity index (χ4n) is 4.61. The molecule has 1 amide bonds. The van der Waals surface area contributed by atoms with Crippen LogP contribution < -0.4 is 10.1 Å². The Balaban J connectivity index is 1.35. The molecule has 0 aliphatic carbocycles. The number of aryl methyl sites for hydroxylation is 2. The molecular formula is C26H22ClN7O2. The molecule has 0 unspecified atom stereocenters. The van der Waals surface area contributed by atoms with E-state index in [1.807, 2.05) is 74.5 Å². The van der Waals surface area contributed by atoms with E-state index in [4.69, 9.17) is 21.4 Å². The zero-order valence-corrected chi connectivity index (χ0v) is 20.4. The molecular weight excluding hydrogens is 478 g/mol. The molecule has 1 aliphatic rings. The Bertz CT molecular complexity index is 1620. The maximum atomic E-state index is 12.8. The topological polar surface area (TPSA) is 99.2 Å². The van der Waals surface area contributed by atoms with E-state index in [2.05, 4.69) is 20.6 Å². The van der Waals surface area contributed by atoms with Crippen LogP contribution in [0.25, 0.3) is 11.5 Å². The molecule has 3 aromatic heterocycles. The molecule has 0 radical (unpaired) electrons. The van der Waals surface area contributed by atoms with Gasteiger partial charge in [-0.2, -0.15) is 14.3 Å². The van der Waals surface area contributed by atoms with Crippen molar-refractivity contribution in [2.45, 2.75) is 32.8 Å². The summed E-state index contributed by atoms with van der Waals surface area (Å²) in [4.78, 5) is 12.8. The number of rotatable bonds is 5. The molecule has 1 N–H and O–H groups in total. The second-order valence-corrected chi connectivity index (χ2v) is 9.20. The first kappa shape index (κ1) is 22.2. The van der Waals surface area contributed by atoms with Gasteiger partial charge in [0.2, 0.25) is 5.91 Å². The summed E-state index contributed by atoms with van der Waals surface area (Å²) in [5.41, 5.74) is 4.39. The van der Waals surface area contributed by atoms with E-state index in [1.54, 1.807) is 9.20 Å². The van der Waals surface area contributed by atoms with Crippen LogP contribution in [0.4, 0.5) is 5.82 Å². The molecule has 0 spiro atoms. The van der Waals surface area contributed by atoms with Gasteiger partial charge in [-0.25, -0.2) is 0 Å². The molecule has 5 aromatic rings. The highest BCUT2D eigenvalue weighted by Crippen LogP contribution is 2.40. The highest BCUT2D eigenvalue weighted by Gasteiger charge is 2.33. The minimum atomic E-state index is -0.169. The van der Waals surface area contributed by atoms with Gasteiger partial charge in [-0.05, 0) is 61.4 Å². The van der Waals surface area contributed by atoms with Crippen LogP contribution in [-0.2, 0) is 11.4 Å². The van der Waals surface area contributed by atoms with Crippen LogP contribution in [0.1, 0.15) is 40.5 Å². The van der Waals surface area contributed by atoms with Gasteiger partial charge in [0.1, 0.15) is 18.2 Å². The Labute approximate surface area is 211 Å². The van der Waals surface area contributed by atoms with Crippen molar-refractivity contribution in [1.82, 2.24) is 29.6 Å². The van der Waals surface area contributed by atoms with Gasteiger partial charge in [-0.1, -0.05) is 35.9 Å². The zero-order valence-electron chi connectivity index (χ0n) is 19.6. The first-order valence-electron chi connectivity index (χ1n) is 11.5. The number of carbonyl (C=O) groups is 1. The van der Waals surface area contributed by atoms with Crippen LogP contribution in [0.15, 0.2) is 60.7 Å². The minimum Gasteiger partial charge on any atom is -0.489 e. The average Bonchev–Trinajstić information content (AvgIpc) is 3.41. The van der Waals surface area contributed by atoms with E-state index >= 15 is 0 Å². The molecule has 6 rings (SSSR count). The third-order valence-corrected chi connectivity index (χ3v) is 6.51. The molecule has 0 bridgehead atoms. The number of nitrogens with zero attached hydrogens (tertiary/aromatic N) is 6. The van der Waals surface area contributed by atoms with Crippen LogP contribution in [0.2, 0.25) is 5.02 Å². The fourth-order valence-corrected chi connectivity index (χ4v) is 4.82. The Hall–Kier alpha value is -4.24. The lowest BCUT2D eigenvalue weighted by Gasteiger charge is -2.24. The van der Waals surface area contributed by atoms with Crippen molar-refractivity contribution in [2.24, 2.45) is 0 Å². The molecule has 1 aliphatic heterocycles. The summed E-state index contributed by atoms with van der Waals surface area (Å²) in [7, 11) is 0. The average molecular weight is 500 g/mol. The van der Waals surface area contributed by atoms with Gasteiger partial charge >= 0.3 is 0 Å². The molecule has 2 aromatic carbocycles. The largest absolute Gasteiger partial charge is 0.489 e. The number of carbonyl (C=O) groups excluding carboxylic acids is 1. The van der Waals surface area contributed by atoms with E-state index in [0.29, 0.717) is 41.2 Å². The maximum absolute atomic E-state index is 12.8. The predicted octanol–water partition coefficient (Wildman–Crippen LogP) is 4.63. The summed E-state index contributed by atoms with van der Waals surface area (Å²) in [6.07, 6.45) is 0.314. The highest BCUT2D eigenvalue weighted by atomic mass is 35.5. The van der Waals surface area contributed by atoms with E-state index in [0.717, 1.165) is 28.1 Å². The smallest absolute Gasteiger partial charge is 0.226 e. The molecule has 4 heterocycles. The fraction of sp³-hybridized carbons (Fsp3) is 0.192. The van der Waals surface area contributed by atoms with E-state index in [9.17, 15) is 4.79 Å². The van der Waals surface area contributed by atoms with Crippen molar-refractivity contribution in [1.29, 1.82) is 0 Å². The summed E-state index contributed by atoms with van der Waals surface area (Å²) in [6, 6.07) is 19.1. The maximum Gasteiger partial charge on any atom is 0.226 e. The quantitative estimate of drug-likeness (QED) is 0.378. The lowest BCUT2D eigenvalue weighted by molar-refractivity contribution is -0.116. The SMILES string of the molecule is Cc1nn(-c2ccc3nnc(C)n3n2)c2c1[C@@H](c1cccc(OCc3cccc(Cl)c3)c1)CC(=O)N2. The molecule has 0 fully saturated rings. The summed E-state index contributed by atoms with van der Waals surface area (Å²) in [6.45, 7) is 4.18. The summed E-state index contributed by atoms with van der Waals surface area (Å²) < 4.78 is 9.37. The standard InChI is InChI=1S/C26H22ClN7O2/c1-15-25-21(18-6-4-8-20(12-18)36-14-17-5-3-7-19(27)11-17)13-24(35)28-26(25)34(31-15)23-10-9-22-30-29-16(2)33(22)32-23/h3-12,21H,13-14H2,1-2H3,(H,28,35)/t21-/m1/s1. The Kier molecular flexibility index (Phi) is 5.41. The van der Waals surface area contributed by atoms with Gasteiger partial charge < -0.3 is 10.1 Å². The molecule has 9 nitrogen and oxygen atoms in total. The second-order valence-electron chi connectivity index (χ2n) is 8.76. The number of halogens is 1. The van der Waals surface area contributed by atoms with E-state index in [1.165, 1.54) is 0 Å². The number of hydrogen-bond acceptors (Lipinski definition) is 6. The first-order valence-corrected chi connectivity index (χ1v) is 11.9. The number of aromatic nitrogens is 6.